The SMILES string of the molecule is C=C1CCCCC/C=C2/CCCC/C2=C/1c1cncc(-c2ccccc2OC(C)C[C@H](C)Oc2ccccc2-c2cncc(/C3=C4\CCCC\C4=C\CCCCCC3=C)c2O)c1O. The Kier molecular flexibility index (Phi) is 14.5. The number of benzene rings is 2. The number of fused-ring (bicyclic) bond motifs is 2. The van der Waals surface area contributed by atoms with Gasteiger partial charge in [0, 0.05) is 64.6 Å². The van der Waals surface area contributed by atoms with E-state index in [-0.39, 0.29) is 23.7 Å². The standard InChI is InChI=1S/C57H66N2O4/c1-38-21-9-5-7-11-23-42-25-13-15-27-44(42)54(38)50-36-58-34-48(56(50)60)46-29-17-19-31-52(46)62-40(3)33-41(4)63-53-32-20-18-30-47(53)49-35-59-37-51(57(49)61)55-39(2)22-10-6-8-12-24-43-26-14-16-28-45(43)55/h17-20,23-24,29-32,34-37,40-41H,1-2,5-16,21-22,25-28,33H2,3-4H3,(H,58,60)(H,59,61)/b42-23-,43-24-,54-44+,55-45+/t40-,41?/m0/s1. The third-order valence-corrected chi connectivity index (χ3v) is 13.5. The molecule has 0 aliphatic heterocycles. The summed E-state index contributed by atoms with van der Waals surface area (Å²) in [6, 6.07) is 15.8. The molecule has 8 rings (SSSR count). The number of para-hydroxylation sites is 2. The van der Waals surface area contributed by atoms with Gasteiger partial charge in [-0.2, -0.15) is 0 Å². The summed E-state index contributed by atoms with van der Waals surface area (Å²) in [6.45, 7) is 13.3. The minimum absolute atomic E-state index is 0.215. The average molecular weight is 843 g/mol. The number of aromatic nitrogens is 2. The van der Waals surface area contributed by atoms with Crippen LogP contribution in [0.15, 0.2) is 132 Å². The predicted molar refractivity (Wildman–Crippen MR) is 259 cm³/mol. The smallest absolute Gasteiger partial charge is 0.134 e. The Morgan fingerprint density at radius 2 is 0.889 bits per heavy atom. The first-order valence-electron chi connectivity index (χ1n) is 23.9. The van der Waals surface area contributed by atoms with E-state index >= 15 is 0 Å². The number of hydrogen-bond donors (Lipinski definition) is 2. The molecular formula is C57H66N2O4. The van der Waals surface area contributed by atoms with Crippen LogP contribution >= 0.6 is 0 Å². The first-order chi connectivity index (χ1) is 30.8. The topological polar surface area (TPSA) is 84.7 Å². The molecule has 2 fully saturated rings. The largest absolute Gasteiger partial charge is 0.507 e. The Bertz CT molecular complexity index is 2280. The summed E-state index contributed by atoms with van der Waals surface area (Å²) < 4.78 is 13.4. The summed E-state index contributed by atoms with van der Waals surface area (Å²) in [5.74, 6) is 1.78. The minimum atomic E-state index is -0.229. The van der Waals surface area contributed by atoms with E-state index in [0.717, 1.165) is 122 Å². The molecule has 0 amide bonds. The van der Waals surface area contributed by atoms with Crippen LogP contribution in [0.2, 0.25) is 0 Å². The number of pyridine rings is 2. The molecule has 1 unspecified atom stereocenters. The van der Waals surface area contributed by atoms with Gasteiger partial charge in [0.2, 0.25) is 0 Å². The molecule has 6 heteroatoms. The van der Waals surface area contributed by atoms with Gasteiger partial charge in [-0.15, -0.1) is 0 Å². The predicted octanol–water partition coefficient (Wildman–Crippen LogP) is 15.4. The molecule has 2 aromatic heterocycles. The fourth-order valence-electron chi connectivity index (χ4n) is 10.4. The minimum Gasteiger partial charge on any atom is -0.507 e. The first-order valence-corrected chi connectivity index (χ1v) is 23.9. The van der Waals surface area contributed by atoms with E-state index in [0.29, 0.717) is 29.0 Å². The molecule has 2 atom stereocenters. The molecule has 328 valence electrons. The van der Waals surface area contributed by atoms with Crippen molar-refractivity contribution in [2.45, 2.75) is 148 Å². The first kappa shape index (κ1) is 44.0. The second-order valence-corrected chi connectivity index (χ2v) is 18.2. The Balaban J connectivity index is 1.03. The van der Waals surface area contributed by atoms with E-state index in [1.165, 1.54) is 60.8 Å². The van der Waals surface area contributed by atoms with Crippen LogP contribution in [0.4, 0.5) is 0 Å². The zero-order chi connectivity index (χ0) is 43.7. The normalized spacial score (nSPS) is 22.9. The van der Waals surface area contributed by atoms with Crippen molar-refractivity contribution in [3.8, 4) is 45.3 Å². The van der Waals surface area contributed by atoms with Crippen LogP contribution in [0, 0.1) is 0 Å². The number of nitrogens with zero attached hydrogens (tertiary/aromatic N) is 2. The molecule has 2 saturated carbocycles. The number of hydrogen-bond acceptors (Lipinski definition) is 6. The van der Waals surface area contributed by atoms with Gasteiger partial charge in [-0.1, -0.05) is 74.5 Å². The van der Waals surface area contributed by atoms with Gasteiger partial charge >= 0.3 is 0 Å². The molecule has 2 aromatic carbocycles. The van der Waals surface area contributed by atoms with Crippen molar-refractivity contribution in [1.82, 2.24) is 9.97 Å². The maximum atomic E-state index is 12.2. The van der Waals surface area contributed by atoms with E-state index in [1.807, 2.05) is 60.9 Å². The second kappa shape index (κ2) is 20.7. The fourth-order valence-corrected chi connectivity index (χ4v) is 10.4. The Morgan fingerprint density at radius 3 is 1.35 bits per heavy atom. The summed E-state index contributed by atoms with van der Waals surface area (Å²) in [5, 5.41) is 24.3. The monoisotopic (exact) mass is 843 g/mol. The Labute approximate surface area is 375 Å². The fraction of sp³-hybridized carbons (Fsp3) is 0.404. The summed E-state index contributed by atoms with van der Waals surface area (Å²) in [5.41, 5.74) is 14.2. The maximum absolute atomic E-state index is 12.2. The highest BCUT2D eigenvalue weighted by Gasteiger charge is 2.27. The number of allylic oxidation sites excluding steroid dienone is 10. The zero-order valence-corrected chi connectivity index (χ0v) is 37.7. The molecule has 63 heavy (non-hydrogen) atoms. The number of ether oxygens (including phenoxy) is 2. The van der Waals surface area contributed by atoms with Crippen molar-refractivity contribution < 1.29 is 19.7 Å². The molecule has 0 bridgehead atoms. The summed E-state index contributed by atoms with van der Waals surface area (Å²) in [7, 11) is 0. The van der Waals surface area contributed by atoms with Crippen molar-refractivity contribution in [3.63, 3.8) is 0 Å². The lowest BCUT2D eigenvalue weighted by Gasteiger charge is -2.26. The number of aromatic hydroxyl groups is 2. The van der Waals surface area contributed by atoms with Gasteiger partial charge in [-0.25, -0.2) is 0 Å². The zero-order valence-electron chi connectivity index (χ0n) is 37.7. The average Bonchev–Trinajstić information content (AvgIpc) is 3.28. The van der Waals surface area contributed by atoms with Gasteiger partial charge in [-0.05, 0) is 173 Å². The lowest BCUT2D eigenvalue weighted by molar-refractivity contribution is 0.131. The molecule has 4 aliphatic carbocycles. The summed E-state index contributed by atoms with van der Waals surface area (Å²) in [6.07, 6.45) is 31.9. The molecular weight excluding hydrogens is 777 g/mol. The van der Waals surface area contributed by atoms with Crippen molar-refractivity contribution in [2.75, 3.05) is 0 Å². The molecule has 0 spiro atoms. The van der Waals surface area contributed by atoms with Crippen LogP contribution in [0.3, 0.4) is 0 Å². The summed E-state index contributed by atoms with van der Waals surface area (Å²) in [4.78, 5) is 9.45. The van der Waals surface area contributed by atoms with E-state index in [4.69, 9.17) is 19.4 Å². The van der Waals surface area contributed by atoms with Gasteiger partial charge in [0.15, 0.2) is 0 Å². The van der Waals surface area contributed by atoms with Crippen molar-refractivity contribution >= 4 is 11.1 Å². The Hall–Kier alpha value is -5.62. The molecule has 2 heterocycles. The van der Waals surface area contributed by atoms with Crippen LogP contribution < -0.4 is 9.47 Å². The van der Waals surface area contributed by atoms with E-state index < -0.39 is 0 Å². The molecule has 0 radical (unpaired) electrons. The lowest BCUT2D eigenvalue weighted by Crippen LogP contribution is -2.23. The summed E-state index contributed by atoms with van der Waals surface area (Å²) >= 11 is 0. The second-order valence-electron chi connectivity index (χ2n) is 18.2. The van der Waals surface area contributed by atoms with Crippen LogP contribution in [-0.4, -0.2) is 32.4 Å². The van der Waals surface area contributed by atoms with Crippen LogP contribution in [0.25, 0.3) is 33.4 Å². The van der Waals surface area contributed by atoms with Crippen LogP contribution in [0.5, 0.6) is 23.0 Å². The van der Waals surface area contributed by atoms with Crippen molar-refractivity contribution in [2.24, 2.45) is 0 Å². The van der Waals surface area contributed by atoms with E-state index in [2.05, 4.69) is 39.2 Å². The van der Waals surface area contributed by atoms with Crippen LogP contribution in [0.1, 0.15) is 147 Å². The quantitative estimate of drug-likeness (QED) is 0.165. The molecule has 0 saturated heterocycles. The molecule has 4 aromatic rings. The van der Waals surface area contributed by atoms with Gasteiger partial charge in [0.25, 0.3) is 0 Å². The van der Waals surface area contributed by atoms with E-state index in [1.54, 1.807) is 12.4 Å². The van der Waals surface area contributed by atoms with Gasteiger partial charge in [0.1, 0.15) is 23.0 Å². The highest BCUT2D eigenvalue weighted by Crippen LogP contribution is 2.48. The van der Waals surface area contributed by atoms with Gasteiger partial charge < -0.3 is 19.7 Å². The van der Waals surface area contributed by atoms with Gasteiger partial charge in [-0.3, -0.25) is 9.97 Å². The maximum Gasteiger partial charge on any atom is 0.134 e. The Morgan fingerprint density at radius 1 is 0.492 bits per heavy atom. The molecule has 6 nitrogen and oxygen atoms in total. The third-order valence-electron chi connectivity index (χ3n) is 13.5. The van der Waals surface area contributed by atoms with Crippen molar-refractivity contribution in [1.29, 1.82) is 0 Å². The highest BCUT2D eigenvalue weighted by atomic mass is 16.5. The van der Waals surface area contributed by atoms with E-state index in [9.17, 15) is 10.2 Å². The molecule has 2 N–H and O–H groups in total. The number of rotatable bonds is 10. The lowest BCUT2D eigenvalue weighted by atomic mass is 9.79. The third kappa shape index (κ3) is 10.1. The highest BCUT2D eigenvalue weighted by molar-refractivity contribution is 5.91. The molecule has 4 aliphatic rings. The van der Waals surface area contributed by atoms with Crippen LogP contribution in [-0.2, 0) is 0 Å². The van der Waals surface area contributed by atoms with Gasteiger partial charge in [0.05, 0.1) is 12.2 Å². The van der Waals surface area contributed by atoms with Crippen molar-refractivity contribution in [3.05, 3.63) is 143 Å².